The summed E-state index contributed by atoms with van der Waals surface area (Å²) in [5.74, 6) is 0.635. The monoisotopic (exact) mass is 373 g/mol. The average Bonchev–Trinajstić information content (AvgIpc) is 3.11. The molecule has 1 atom stereocenters. The zero-order valence-electron chi connectivity index (χ0n) is 16.7. The number of carbonyl (C=O) groups excluding carboxylic acids is 2. The molecular weight excluding hydrogens is 342 g/mol. The van der Waals surface area contributed by atoms with Gasteiger partial charge in [-0.05, 0) is 58.1 Å². The molecule has 6 nitrogen and oxygen atoms in total. The van der Waals surface area contributed by atoms with Gasteiger partial charge < -0.3 is 9.64 Å². The molecule has 1 aliphatic carbocycles. The van der Waals surface area contributed by atoms with Crippen LogP contribution in [0.2, 0.25) is 0 Å². The van der Waals surface area contributed by atoms with Crippen molar-refractivity contribution in [3.63, 3.8) is 0 Å². The van der Waals surface area contributed by atoms with E-state index in [1.54, 1.807) is 4.90 Å². The molecule has 2 heterocycles. The molecule has 0 unspecified atom stereocenters. The fraction of sp³-hybridized carbons (Fsp3) is 0.667. The lowest BCUT2D eigenvalue weighted by Crippen LogP contribution is -2.45. The molecule has 0 radical (unpaired) electrons. The molecule has 2 amide bonds. The number of amides is 2. The topological polar surface area (TPSA) is 62.7 Å². The Morgan fingerprint density at radius 1 is 1.19 bits per heavy atom. The van der Waals surface area contributed by atoms with Gasteiger partial charge >= 0.3 is 6.09 Å². The van der Waals surface area contributed by atoms with Crippen molar-refractivity contribution < 1.29 is 14.3 Å². The molecule has 2 fully saturated rings. The Kier molecular flexibility index (Phi) is 6.02. The van der Waals surface area contributed by atoms with Crippen molar-refractivity contribution in [3.05, 3.63) is 23.9 Å². The molecule has 0 spiro atoms. The smallest absolute Gasteiger partial charge is 0.416 e. The Morgan fingerprint density at radius 2 is 1.93 bits per heavy atom. The number of anilines is 1. The Bertz CT molecular complexity index is 648. The first kappa shape index (κ1) is 19.6. The van der Waals surface area contributed by atoms with Gasteiger partial charge in [0.05, 0.1) is 6.04 Å². The SMILES string of the molecule is CC(C)(C)OC(=O)N(c1ccc([C@H]2CCCN2C=O)cn1)C1CCCCC1. The normalized spacial score (nSPS) is 21.1. The molecule has 0 aromatic carbocycles. The molecule has 1 saturated carbocycles. The van der Waals surface area contributed by atoms with Crippen LogP contribution >= 0.6 is 0 Å². The number of nitrogens with zero attached hydrogens (tertiary/aromatic N) is 3. The Labute approximate surface area is 161 Å². The van der Waals surface area contributed by atoms with Crippen LogP contribution in [0.25, 0.3) is 0 Å². The lowest BCUT2D eigenvalue weighted by molar-refractivity contribution is -0.118. The lowest BCUT2D eigenvalue weighted by atomic mass is 9.94. The third kappa shape index (κ3) is 4.79. The van der Waals surface area contributed by atoms with Crippen LogP contribution in [0.4, 0.5) is 10.6 Å². The summed E-state index contributed by atoms with van der Waals surface area (Å²) in [6.45, 7) is 6.44. The van der Waals surface area contributed by atoms with Crippen LogP contribution < -0.4 is 4.90 Å². The van der Waals surface area contributed by atoms with Crippen molar-refractivity contribution in [2.45, 2.75) is 83.4 Å². The Hall–Kier alpha value is -2.11. The highest BCUT2D eigenvalue weighted by Gasteiger charge is 2.32. The summed E-state index contributed by atoms with van der Waals surface area (Å²) >= 11 is 0. The number of ether oxygens (including phenoxy) is 1. The van der Waals surface area contributed by atoms with Crippen molar-refractivity contribution in [3.8, 4) is 0 Å². The van der Waals surface area contributed by atoms with Gasteiger partial charge in [-0.1, -0.05) is 25.3 Å². The fourth-order valence-electron chi connectivity index (χ4n) is 4.09. The maximum absolute atomic E-state index is 12.9. The minimum atomic E-state index is -0.543. The molecule has 27 heavy (non-hydrogen) atoms. The highest BCUT2D eigenvalue weighted by atomic mass is 16.6. The van der Waals surface area contributed by atoms with Gasteiger partial charge in [0.25, 0.3) is 0 Å². The van der Waals surface area contributed by atoms with Gasteiger partial charge in [0, 0.05) is 18.8 Å². The fourth-order valence-corrected chi connectivity index (χ4v) is 4.09. The highest BCUT2D eigenvalue weighted by Crippen LogP contribution is 2.32. The van der Waals surface area contributed by atoms with Gasteiger partial charge in [-0.25, -0.2) is 9.78 Å². The standard InChI is InChI=1S/C21H31N3O3/c1-21(2,3)27-20(26)24(17-8-5-4-6-9-17)19-12-11-16(14-22-19)18-10-7-13-23(18)15-25/h11-12,14-15,17-18H,4-10,13H2,1-3H3/t18-/m1/s1. The number of aromatic nitrogens is 1. The van der Waals surface area contributed by atoms with Crippen molar-refractivity contribution >= 4 is 18.3 Å². The minimum absolute atomic E-state index is 0.0914. The van der Waals surface area contributed by atoms with Crippen molar-refractivity contribution in [2.75, 3.05) is 11.4 Å². The molecule has 1 aromatic heterocycles. The number of hydrogen-bond donors (Lipinski definition) is 0. The van der Waals surface area contributed by atoms with Gasteiger partial charge in [-0.15, -0.1) is 0 Å². The second-order valence-electron chi connectivity index (χ2n) is 8.59. The molecule has 0 N–H and O–H groups in total. The number of carbonyl (C=O) groups is 2. The van der Waals surface area contributed by atoms with E-state index in [0.29, 0.717) is 5.82 Å². The summed E-state index contributed by atoms with van der Waals surface area (Å²) in [7, 11) is 0. The number of pyridine rings is 1. The van der Waals surface area contributed by atoms with Crippen molar-refractivity contribution in [2.24, 2.45) is 0 Å². The first-order valence-corrected chi connectivity index (χ1v) is 10.1. The molecule has 3 rings (SSSR count). The van der Waals surface area contributed by atoms with E-state index in [4.69, 9.17) is 4.74 Å². The third-order valence-electron chi connectivity index (χ3n) is 5.36. The van der Waals surface area contributed by atoms with E-state index in [-0.39, 0.29) is 18.2 Å². The molecule has 1 aromatic rings. The van der Waals surface area contributed by atoms with Crippen LogP contribution in [-0.2, 0) is 9.53 Å². The van der Waals surface area contributed by atoms with Crippen LogP contribution in [-0.4, -0.2) is 40.6 Å². The van der Waals surface area contributed by atoms with Crippen molar-refractivity contribution in [1.82, 2.24) is 9.88 Å². The second-order valence-corrected chi connectivity index (χ2v) is 8.59. The third-order valence-corrected chi connectivity index (χ3v) is 5.36. The summed E-state index contributed by atoms with van der Waals surface area (Å²) in [5.41, 5.74) is 0.481. The van der Waals surface area contributed by atoms with Gasteiger partial charge in [-0.2, -0.15) is 0 Å². The number of likely N-dealkylation sites (tertiary alicyclic amines) is 1. The van der Waals surface area contributed by atoms with Gasteiger partial charge in [-0.3, -0.25) is 9.69 Å². The van der Waals surface area contributed by atoms with E-state index < -0.39 is 5.60 Å². The lowest BCUT2D eigenvalue weighted by Gasteiger charge is -2.35. The number of hydrogen-bond acceptors (Lipinski definition) is 4. The summed E-state index contributed by atoms with van der Waals surface area (Å²) in [6.07, 6.45) is 9.78. The maximum atomic E-state index is 12.9. The van der Waals surface area contributed by atoms with Gasteiger partial charge in [0.15, 0.2) is 0 Å². The number of rotatable bonds is 4. The average molecular weight is 373 g/mol. The first-order valence-electron chi connectivity index (χ1n) is 10.1. The zero-order valence-corrected chi connectivity index (χ0v) is 16.7. The molecule has 1 aliphatic heterocycles. The van der Waals surface area contributed by atoms with E-state index in [9.17, 15) is 9.59 Å². The minimum Gasteiger partial charge on any atom is -0.443 e. The van der Waals surface area contributed by atoms with Gasteiger partial charge in [0.2, 0.25) is 6.41 Å². The summed E-state index contributed by atoms with van der Waals surface area (Å²) in [6, 6.07) is 4.11. The molecule has 0 bridgehead atoms. The second kappa shape index (κ2) is 8.28. The van der Waals surface area contributed by atoms with Crippen LogP contribution in [0, 0.1) is 0 Å². The van der Waals surface area contributed by atoms with Crippen LogP contribution in [0.1, 0.15) is 77.3 Å². The van der Waals surface area contributed by atoms with E-state index in [1.807, 2.05) is 44.0 Å². The largest absolute Gasteiger partial charge is 0.443 e. The maximum Gasteiger partial charge on any atom is 0.416 e. The van der Waals surface area contributed by atoms with Crippen LogP contribution in [0.15, 0.2) is 18.3 Å². The quantitative estimate of drug-likeness (QED) is 0.732. The first-order chi connectivity index (χ1) is 12.9. The molecular formula is C21H31N3O3. The summed E-state index contributed by atoms with van der Waals surface area (Å²) in [4.78, 5) is 32.3. The van der Waals surface area contributed by atoms with Crippen LogP contribution in [0.5, 0.6) is 0 Å². The van der Waals surface area contributed by atoms with E-state index in [0.717, 1.165) is 57.0 Å². The van der Waals surface area contributed by atoms with Crippen molar-refractivity contribution in [1.29, 1.82) is 0 Å². The summed E-state index contributed by atoms with van der Waals surface area (Å²) in [5, 5.41) is 0. The predicted molar refractivity (Wildman–Crippen MR) is 105 cm³/mol. The molecule has 2 aliphatic rings. The van der Waals surface area contributed by atoms with Crippen LogP contribution in [0.3, 0.4) is 0 Å². The summed E-state index contributed by atoms with van der Waals surface area (Å²) < 4.78 is 5.66. The highest BCUT2D eigenvalue weighted by molar-refractivity contribution is 5.87. The van der Waals surface area contributed by atoms with E-state index in [2.05, 4.69) is 4.98 Å². The van der Waals surface area contributed by atoms with E-state index in [1.165, 1.54) is 6.42 Å². The Morgan fingerprint density at radius 3 is 2.52 bits per heavy atom. The predicted octanol–water partition coefficient (Wildman–Crippen LogP) is 4.45. The molecule has 148 valence electrons. The van der Waals surface area contributed by atoms with E-state index >= 15 is 0 Å². The Balaban J connectivity index is 1.83. The van der Waals surface area contributed by atoms with Gasteiger partial charge in [0.1, 0.15) is 11.4 Å². The zero-order chi connectivity index (χ0) is 19.4. The molecule has 6 heteroatoms. The molecule has 1 saturated heterocycles.